The molecule has 0 aromatic heterocycles. The normalized spacial score (nSPS) is 14.1. The van der Waals surface area contributed by atoms with Crippen LogP contribution in [0.4, 0.5) is 10.5 Å². The van der Waals surface area contributed by atoms with Gasteiger partial charge in [0.1, 0.15) is 6.61 Å². The number of rotatable bonds is 5. The second-order valence-corrected chi connectivity index (χ2v) is 5.25. The zero-order chi connectivity index (χ0) is 16.7. The van der Waals surface area contributed by atoms with Gasteiger partial charge in [0, 0.05) is 12.1 Å². The van der Waals surface area contributed by atoms with Crippen LogP contribution in [-0.4, -0.2) is 41.6 Å². The van der Waals surface area contributed by atoms with Gasteiger partial charge in [0.15, 0.2) is 0 Å². The van der Waals surface area contributed by atoms with Crippen LogP contribution in [0.25, 0.3) is 0 Å². The molecule has 130 valence electrons. The number of benzene rings is 1. The lowest BCUT2D eigenvalue weighted by Gasteiger charge is -2.32. The van der Waals surface area contributed by atoms with E-state index in [4.69, 9.17) is 11.2 Å². The van der Waals surface area contributed by atoms with Crippen molar-refractivity contribution < 1.29 is 14.5 Å². The van der Waals surface area contributed by atoms with Gasteiger partial charge in [-0.3, -0.25) is 15.0 Å². The van der Waals surface area contributed by atoms with Crippen LogP contribution in [0.1, 0.15) is 18.4 Å². The molecule has 2 rings (SSSR count). The lowest BCUT2D eigenvalue weighted by molar-refractivity contribution is -0.385. The quantitative estimate of drug-likeness (QED) is 0.499. The molecular formula is C16H20ClN3O4. The van der Waals surface area contributed by atoms with E-state index in [2.05, 4.69) is 11.2 Å². The first-order valence-corrected chi connectivity index (χ1v) is 7.43. The Balaban J connectivity index is 0.00000288. The molecule has 1 aromatic carbocycles. The molecule has 24 heavy (non-hydrogen) atoms. The minimum Gasteiger partial charge on any atom is -0.444 e. The van der Waals surface area contributed by atoms with Crippen LogP contribution in [0.2, 0.25) is 0 Å². The van der Waals surface area contributed by atoms with Gasteiger partial charge < -0.3 is 10.1 Å². The fourth-order valence-corrected chi connectivity index (χ4v) is 2.59. The lowest BCUT2D eigenvalue weighted by Crippen LogP contribution is -2.46. The molecule has 1 aromatic rings. The average Bonchev–Trinajstić information content (AvgIpc) is 2.58. The highest BCUT2D eigenvalue weighted by Crippen LogP contribution is 2.19. The van der Waals surface area contributed by atoms with E-state index in [1.807, 2.05) is 0 Å². The van der Waals surface area contributed by atoms with Crippen molar-refractivity contribution in [2.75, 3.05) is 19.6 Å². The summed E-state index contributed by atoms with van der Waals surface area (Å²) in [5, 5.41) is 14.2. The monoisotopic (exact) mass is 353 g/mol. The third-order valence-corrected chi connectivity index (χ3v) is 3.79. The predicted molar refractivity (Wildman–Crippen MR) is 92.0 cm³/mol. The molecule has 0 aliphatic carbocycles. The lowest BCUT2D eigenvalue weighted by atomic mass is 10.1. The van der Waals surface area contributed by atoms with Crippen molar-refractivity contribution in [2.45, 2.75) is 25.5 Å². The summed E-state index contributed by atoms with van der Waals surface area (Å²) in [4.78, 5) is 24.3. The number of carbonyl (C=O) groups is 1. The van der Waals surface area contributed by atoms with E-state index < -0.39 is 11.0 Å². The average molecular weight is 354 g/mol. The summed E-state index contributed by atoms with van der Waals surface area (Å²) >= 11 is 0. The number of amides is 1. The summed E-state index contributed by atoms with van der Waals surface area (Å²) in [6, 6.07) is 6.23. The van der Waals surface area contributed by atoms with Crippen molar-refractivity contribution in [1.82, 2.24) is 10.2 Å². The highest BCUT2D eigenvalue weighted by molar-refractivity contribution is 5.85. The predicted octanol–water partition coefficient (Wildman–Crippen LogP) is 2.34. The van der Waals surface area contributed by atoms with Gasteiger partial charge in [-0.05, 0) is 32.0 Å². The van der Waals surface area contributed by atoms with Gasteiger partial charge in [0.05, 0.1) is 17.0 Å². The molecule has 1 fully saturated rings. The molecular weight excluding hydrogens is 334 g/mol. The summed E-state index contributed by atoms with van der Waals surface area (Å²) in [6.45, 7) is 1.66. The number of terminal acetylenes is 1. The Labute approximate surface area is 146 Å². The SMILES string of the molecule is C#CCN(C(=O)OCc1ccccc1[N+](=O)[O-])C1CCNCC1.Cl. The zero-order valence-electron chi connectivity index (χ0n) is 13.1. The first-order chi connectivity index (χ1) is 11.1. The molecule has 1 aliphatic rings. The van der Waals surface area contributed by atoms with Gasteiger partial charge in [0.25, 0.3) is 5.69 Å². The number of nitro benzene ring substituents is 1. The Hall–Kier alpha value is -2.30. The molecule has 0 atom stereocenters. The van der Waals surface area contributed by atoms with Gasteiger partial charge in [-0.25, -0.2) is 4.79 Å². The standard InChI is InChI=1S/C16H19N3O4.ClH/c1-2-11-18(14-7-9-17-10-8-14)16(20)23-12-13-5-3-4-6-15(13)19(21)22;/h1,3-6,14,17H,7-12H2;1H. The minimum atomic E-state index is -0.534. The molecule has 0 spiro atoms. The Morgan fingerprint density at radius 1 is 1.42 bits per heavy atom. The number of carbonyl (C=O) groups excluding carboxylic acids is 1. The van der Waals surface area contributed by atoms with E-state index in [-0.39, 0.29) is 37.3 Å². The molecule has 1 saturated heterocycles. The topological polar surface area (TPSA) is 84.7 Å². The third kappa shape index (κ3) is 5.11. The van der Waals surface area contributed by atoms with Crippen LogP contribution >= 0.6 is 12.4 Å². The van der Waals surface area contributed by atoms with Crippen molar-refractivity contribution in [2.24, 2.45) is 0 Å². The summed E-state index contributed by atoms with van der Waals surface area (Å²) in [5.41, 5.74) is 0.294. The van der Waals surface area contributed by atoms with Crippen molar-refractivity contribution in [3.8, 4) is 12.3 Å². The molecule has 0 saturated carbocycles. The van der Waals surface area contributed by atoms with E-state index in [9.17, 15) is 14.9 Å². The molecule has 0 unspecified atom stereocenters. The van der Waals surface area contributed by atoms with E-state index in [0.717, 1.165) is 25.9 Å². The van der Waals surface area contributed by atoms with E-state index >= 15 is 0 Å². The molecule has 1 heterocycles. The van der Waals surface area contributed by atoms with Gasteiger partial charge in [-0.2, -0.15) is 0 Å². The van der Waals surface area contributed by atoms with Gasteiger partial charge in [-0.15, -0.1) is 18.8 Å². The van der Waals surface area contributed by atoms with E-state index in [0.29, 0.717) is 5.56 Å². The maximum Gasteiger partial charge on any atom is 0.411 e. The second kappa shape index (κ2) is 9.75. The number of piperidine rings is 1. The largest absolute Gasteiger partial charge is 0.444 e. The third-order valence-electron chi connectivity index (χ3n) is 3.79. The van der Waals surface area contributed by atoms with Gasteiger partial charge >= 0.3 is 6.09 Å². The first kappa shape index (κ1) is 19.7. The van der Waals surface area contributed by atoms with E-state index in [1.54, 1.807) is 18.2 Å². The first-order valence-electron chi connectivity index (χ1n) is 7.43. The van der Waals surface area contributed by atoms with Crippen molar-refractivity contribution in [3.63, 3.8) is 0 Å². The van der Waals surface area contributed by atoms with Crippen LogP contribution in [0.5, 0.6) is 0 Å². The summed E-state index contributed by atoms with van der Waals surface area (Å²) in [7, 11) is 0. The van der Waals surface area contributed by atoms with Crippen molar-refractivity contribution >= 4 is 24.2 Å². The number of nitro groups is 1. The Morgan fingerprint density at radius 3 is 2.71 bits per heavy atom. The van der Waals surface area contributed by atoms with Crippen LogP contribution < -0.4 is 5.32 Å². The second-order valence-electron chi connectivity index (χ2n) is 5.25. The Morgan fingerprint density at radius 2 is 2.08 bits per heavy atom. The molecule has 7 nitrogen and oxygen atoms in total. The highest BCUT2D eigenvalue weighted by atomic mass is 35.5. The van der Waals surface area contributed by atoms with Gasteiger partial charge in [0.2, 0.25) is 0 Å². The molecule has 0 radical (unpaired) electrons. The van der Waals surface area contributed by atoms with Gasteiger partial charge in [-0.1, -0.05) is 18.1 Å². The maximum absolute atomic E-state index is 12.3. The Kier molecular flexibility index (Phi) is 8.02. The number of hydrogen-bond acceptors (Lipinski definition) is 5. The number of hydrogen-bond donors (Lipinski definition) is 1. The molecule has 1 aliphatic heterocycles. The molecule has 0 bridgehead atoms. The molecule has 1 amide bonds. The summed E-state index contributed by atoms with van der Waals surface area (Å²) < 4.78 is 5.25. The van der Waals surface area contributed by atoms with Crippen molar-refractivity contribution in [3.05, 3.63) is 39.9 Å². The van der Waals surface area contributed by atoms with Crippen LogP contribution in [-0.2, 0) is 11.3 Å². The highest BCUT2D eigenvalue weighted by Gasteiger charge is 2.26. The summed E-state index contributed by atoms with van der Waals surface area (Å²) in [6.07, 6.45) is 6.42. The fraction of sp³-hybridized carbons (Fsp3) is 0.438. The maximum atomic E-state index is 12.3. The number of ether oxygens (including phenoxy) is 1. The number of halogens is 1. The minimum absolute atomic E-state index is 0. The number of nitrogens with one attached hydrogen (secondary N) is 1. The van der Waals surface area contributed by atoms with E-state index in [1.165, 1.54) is 11.0 Å². The van der Waals surface area contributed by atoms with Crippen LogP contribution in [0.15, 0.2) is 24.3 Å². The van der Waals surface area contributed by atoms with Crippen LogP contribution in [0, 0.1) is 22.5 Å². The summed E-state index contributed by atoms with van der Waals surface area (Å²) in [5.74, 6) is 2.47. The number of nitrogens with zero attached hydrogens (tertiary/aromatic N) is 2. The smallest absolute Gasteiger partial charge is 0.411 e. The van der Waals surface area contributed by atoms with Crippen molar-refractivity contribution in [1.29, 1.82) is 0 Å². The number of para-hydroxylation sites is 1. The Bertz CT molecular complexity index is 612. The fourth-order valence-electron chi connectivity index (χ4n) is 2.59. The zero-order valence-corrected chi connectivity index (χ0v) is 14.0. The molecule has 8 heteroatoms. The molecule has 1 N–H and O–H groups in total. The van der Waals surface area contributed by atoms with Crippen LogP contribution in [0.3, 0.4) is 0 Å².